The van der Waals surface area contributed by atoms with Crippen LogP contribution in [0.25, 0.3) is 0 Å². The molecule has 0 bridgehead atoms. The lowest BCUT2D eigenvalue weighted by Gasteiger charge is -2.20. The molecule has 2 heterocycles. The van der Waals surface area contributed by atoms with Crippen LogP contribution in [0, 0.1) is 6.92 Å². The summed E-state index contributed by atoms with van der Waals surface area (Å²) in [5.74, 6) is 0.757. The zero-order valence-corrected chi connectivity index (χ0v) is 13.5. The predicted octanol–water partition coefficient (Wildman–Crippen LogP) is 2.59. The highest BCUT2D eigenvalue weighted by molar-refractivity contribution is 5.16. The molecule has 1 N–H and O–H groups in total. The number of ether oxygens (including phenoxy) is 1. The second-order valence-electron chi connectivity index (χ2n) is 6.26. The van der Waals surface area contributed by atoms with Crippen molar-refractivity contribution >= 4 is 0 Å². The first kappa shape index (κ1) is 15.5. The predicted molar refractivity (Wildman–Crippen MR) is 83.1 cm³/mol. The highest BCUT2D eigenvalue weighted by Crippen LogP contribution is 2.13. The molecule has 0 aliphatic rings. The van der Waals surface area contributed by atoms with Gasteiger partial charge in [-0.05, 0) is 39.8 Å². The summed E-state index contributed by atoms with van der Waals surface area (Å²) in [5, 5.41) is 7.69. The highest BCUT2D eigenvalue weighted by atomic mass is 16.5. The Morgan fingerprint density at radius 2 is 1.95 bits per heavy atom. The molecule has 0 amide bonds. The van der Waals surface area contributed by atoms with E-state index in [4.69, 9.17) is 4.74 Å². The van der Waals surface area contributed by atoms with Gasteiger partial charge >= 0.3 is 0 Å². The van der Waals surface area contributed by atoms with Gasteiger partial charge in [0.15, 0.2) is 0 Å². The van der Waals surface area contributed by atoms with E-state index in [1.165, 1.54) is 0 Å². The number of aromatic nitrogens is 3. The fraction of sp³-hybridized carbons (Fsp3) is 0.500. The van der Waals surface area contributed by atoms with E-state index in [1.807, 2.05) is 38.2 Å². The Labute approximate surface area is 126 Å². The van der Waals surface area contributed by atoms with Crippen LogP contribution in [0.3, 0.4) is 0 Å². The third-order valence-electron chi connectivity index (χ3n) is 2.99. The average Bonchev–Trinajstić information content (AvgIpc) is 2.72. The average molecular weight is 288 g/mol. The van der Waals surface area contributed by atoms with Gasteiger partial charge in [-0.3, -0.25) is 4.98 Å². The van der Waals surface area contributed by atoms with E-state index < -0.39 is 0 Å². The van der Waals surface area contributed by atoms with Gasteiger partial charge in [0.05, 0.1) is 17.1 Å². The zero-order chi connectivity index (χ0) is 15.5. The summed E-state index contributed by atoms with van der Waals surface area (Å²) in [4.78, 5) is 4.61. The van der Waals surface area contributed by atoms with Crippen LogP contribution in [-0.2, 0) is 20.2 Å². The maximum absolute atomic E-state index is 5.76. The van der Waals surface area contributed by atoms with Crippen molar-refractivity contribution in [2.75, 3.05) is 0 Å². The van der Waals surface area contributed by atoms with E-state index in [0.717, 1.165) is 29.5 Å². The maximum atomic E-state index is 5.76. The van der Waals surface area contributed by atoms with Crippen LogP contribution in [0.15, 0.2) is 24.3 Å². The number of aryl methyl sites for hydroxylation is 2. The van der Waals surface area contributed by atoms with Gasteiger partial charge in [0.1, 0.15) is 6.61 Å². The molecule has 2 aromatic rings. The molecule has 0 aromatic carbocycles. The molecule has 0 fully saturated rings. The lowest BCUT2D eigenvalue weighted by molar-refractivity contribution is 0.274. The molecule has 2 aromatic heterocycles. The fourth-order valence-electron chi connectivity index (χ4n) is 1.93. The van der Waals surface area contributed by atoms with Crippen molar-refractivity contribution in [3.63, 3.8) is 0 Å². The van der Waals surface area contributed by atoms with Crippen molar-refractivity contribution in [1.82, 2.24) is 20.1 Å². The van der Waals surface area contributed by atoms with Crippen LogP contribution in [0.1, 0.15) is 37.9 Å². The number of nitrogens with one attached hydrogen (secondary N) is 1. The zero-order valence-electron chi connectivity index (χ0n) is 13.5. The molecular formula is C16H24N4O. The second-order valence-corrected chi connectivity index (χ2v) is 6.26. The van der Waals surface area contributed by atoms with E-state index in [0.29, 0.717) is 6.61 Å². The van der Waals surface area contributed by atoms with Gasteiger partial charge in [-0.15, -0.1) is 0 Å². The van der Waals surface area contributed by atoms with E-state index in [2.05, 4.69) is 36.2 Å². The summed E-state index contributed by atoms with van der Waals surface area (Å²) in [5.41, 5.74) is 2.97. The maximum Gasteiger partial charge on any atom is 0.212 e. The van der Waals surface area contributed by atoms with E-state index >= 15 is 0 Å². The van der Waals surface area contributed by atoms with Crippen molar-refractivity contribution in [1.29, 1.82) is 0 Å². The standard InChI is InChI=1S/C16H24N4O/c1-12-9-15(20(5)19-12)21-11-14-8-6-7-13(18-14)10-17-16(2,3)4/h6-9,17H,10-11H2,1-5H3. The molecule has 0 aliphatic carbocycles. The Morgan fingerprint density at radius 3 is 2.57 bits per heavy atom. The number of hydrogen-bond donors (Lipinski definition) is 1. The first-order chi connectivity index (χ1) is 9.83. The van der Waals surface area contributed by atoms with Crippen molar-refractivity contribution in [2.45, 2.75) is 46.4 Å². The summed E-state index contributed by atoms with van der Waals surface area (Å²) in [6.07, 6.45) is 0. The minimum absolute atomic E-state index is 0.0838. The molecule has 114 valence electrons. The molecule has 2 rings (SSSR count). The molecule has 0 aliphatic heterocycles. The summed E-state index contributed by atoms with van der Waals surface area (Å²) in [6.45, 7) is 9.58. The van der Waals surface area contributed by atoms with Crippen molar-refractivity contribution < 1.29 is 4.74 Å². The van der Waals surface area contributed by atoms with E-state index in [1.54, 1.807) is 4.68 Å². The lowest BCUT2D eigenvalue weighted by atomic mass is 10.1. The molecule has 5 heteroatoms. The molecule has 21 heavy (non-hydrogen) atoms. The van der Waals surface area contributed by atoms with Gasteiger partial charge < -0.3 is 10.1 Å². The minimum Gasteiger partial charge on any atom is -0.471 e. The molecule has 0 radical (unpaired) electrons. The van der Waals surface area contributed by atoms with Crippen molar-refractivity contribution in [2.24, 2.45) is 7.05 Å². The quantitative estimate of drug-likeness (QED) is 0.919. The Morgan fingerprint density at radius 1 is 1.24 bits per heavy atom. The Balaban J connectivity index is 1.96. The van der Waals surface area contributed by atoms with E-state index in [9.17, 15) is 0 Å². The molecular weight excluding hydrogens is 264 g/mol. The normalized spacial score (nSPS) is 11.7. The third-order valence-corrected chi connectivity index (χ3v) is 2.99. The number of rotatable bonds is 5. The van der Waals surface area contributed by atoms with Crippen LogP contribution in [0.5, 0.6) is 5.88 Å². The molecule has 0 saturated heterocycles. The summed E-state index contributed by atoms with van der Waals surface area (Å²) >= 11 is 0. The van der Waals surface area contributed by atoms with Gasteiger partial charge in [0, 0.05) is 25.2 Å². The van der Waals surface area contributed by atoms with Crippen LogP contribution < -0.4 is 10.1 Å². The Kier molecular flexibility index (Phi) is 4.63. The molecule has 0 atom stereocenters. The van der Waals surface area contributed by atoms with Gasteiger partial charge in [-0.1, -0.05) is 6.07 Å². The van der Waals surface area contributed by atoms with Crippen molar-refractivity contribution in [3.8, 4) is 5.88 Å². The van der Waals surface area contributed by atoms with Crippen molar-refractivity contribution in [3.05, 3.63) is 41.3 Å². The van der Waals surface area contributed by atoms with Crippen LogP contribution in [0.4, 0.5) is 0 Å². The Bertz CT molecular complexity index is 599. The highest BCUT2D eigenvalue weighted by Gasteiger charge is 2.09. The second kappa shape index (κ2) is 6.26. The summed E-state index contributed by atoms with van der Waals surface area (Å²) < 4.78 is 7.50. The number of nitrogens with zero attached hydrogens (tertiary/aromatic N) is 3. The molecule has 0 spiro atoms. The molecule has 0 saturated carbocycles. The van der Waals surface area contributed by atoms with Crippen LogP contribution >= 0.6 is 0 Å². The van der Waals surface area contributed by atoms with Gasteiger partial charge in [0.25, 0.3) is 0 Å². The minimum atomic E-state index is 0.0838. The van der Waals surface area contributed by atoms with Crippen LogP contribution in [0.2, 0.25) is 0 Å². The van der Waals surface area contributed by atoms with Gasteiger partial charge in [0.2, 0.25) is 5.88 Å². The van der Waals surface area contributed by atoms with Crippen LogP contribution in [-0.4, -0.2) is 20.3 Å². The number of pyridine rings is 1. The van der Waals surface area contributed by atoms with E-state index in [-0.39, 0.29) is 5.54 Å². The fourth-order valence-corrected chi connectivity index (χ4v) is 1.93. The number of hydrogen-bond acceptors (Lipinski definition) is 4. The van der Waals surface area contributed by atoms with Gasteiger partial charge in [-0.25, -0.2) is 4.68 Å². The Hall–Kier alpha value is -1.88. The monoisotopic (exact) mass is 288 g/mol. The SMILES string of the molecule is Cc1cc(OCc2cccc(CNC(C)(C)C)n2)n(C)n1. The first-order valence-corrected chi connectivity index (χ1v) is 7.17. The summed E-state index contributed by atoms with van der Waals surface area (Å²) in [7, 11) is 1.87. The first-order valence-electron chi connectivity index (χ1n) is 7.17. The molecule has 5 nitrogen and oxygen atoms in total. The topological polar surface area (TPSA) is 52.0 Å². The smallest absolute Gasteiger partial charge is 0.212 e. The summed E-state index contributed by atoms with van der Waals surface area (Å²) in [6, 6.07) is 7.94. The van der Waals surface area contributed by atoms with Gasteiger partial charge in [-0.2, -0.15) is 5.10 Å². The molecule has 0 unspecified atom stereocenters. The lowest BCUT2D eigenvalue weighted by Crippen LogP contribution is -2.35. The third kappa shape index (κ3) is 4.86. The largest absolute Gasteiger partial charge is 0.471 e.